The normalized spacial score (nSPS) is 10.2. The lowest BCUT2D eigenvalue weighted by atomic mass is 10.1. The summed E-state index contributed by atoms with van der Waals surface area (Å²) in [6.07, 6.45) is 0.196. The first-order valence-electron chi connectivity index (χ1n) is 5.42. The van der Waals surface area contributed by atoms with E-state index >= 15 is 0 Å². The zero-order chi connectivity index (χ0) is 13.8. The molecule has 4 nitrogen and oxygen atoms in total. The Hall–Kier alpha value is -1.85. The number of para-hydroxylation sites is 1. The fourth-order valence-electron chi connectivity index (χ4n) is 1.58. The number of carbonyl (C=O) groups is 2. The van der Waals surface area contributed by atoms with E-state index in [1.165, 1.54) is 29.5 Å². The Balaban J connectivity index is 2.19. The number of carboxylic acids is 1. The zero-order valence-electron chi connectivity index (χ0n) is 9.72. The fraction of sp³-hybridized carbons (Fsp3) is 0.0769. The topological polar surface area (TPSA) is 66.4 Å². The number of hydrogen-bond acceptors (Lipinski definition) is 3. The van der Waals surface area contributed by atoms with Gasteiger partial charge in [-0.3, -0.25) is 4.79 Å². The number of anilines is 1. The second-order valence-electron chi connectivity index (χ2n) is 3.77. The number of hydrogen-bond donors (Lipinski definition) is 2. The number of carbonyl (C=O) groups excluding carboxylic acids is 1. The smallest absolute Gasteiger partial charge is 0.337 e. The number of amides is 1. The molecule has 0 aliphatic heterocycles. The molecule has 0 saturated heterocycles. The van der Waals surface area contributed by atoms with Crippen molar-refractivity contribution in [1.82, 2.24) is 0 Å². The molecule has 1 aromatic carbocycles. The molecule has 1 heterocycles. The lowest BCUT2D eigenvalue weighted by Crippen LogP contribution is -2.16. The predicted octanol–water partition coefficient (Wildman–Crippen LogP) is 3.28. The third-order valence-electron chi connectivity index (χ3n) is 2.42. The number of nitrogens with one attached hydrogen (secondary N) is 1. The summed E-state index contributed by atoms with van der Waals surface area (Å²) < 4.78 is 0. The molecule has 0 atom stereocenters. The van der Waals surface area contributed by atoms with Crippen LogP contribution in [0.2, 0.25) is 5.02 Å². The Bertz CT molecular complexity index is 610. The molecular formula is C13H10ClNO3S. The summed E-state index contributed by atoms with van der Waals surface area (Å²) in [6, 6.07) is 8.16. The lowest BCUT2D eigenvalue weighted by molar-refractivity contribution is -0.115. The molecule has 0 radical (unpaired) electrons. The summed E-state index contributed by atoms with van der Waals surface area (Å²) in [5.41, 5.74) is 0.116. The molecule has 0 fully saturated rings. The van der Waals surface area contributed by atoms with E-state index in [0.717, 1.165) is 4.88 Å². The summed E-state index contributed by atoms with van der Waals surface area (Å²) in [6.45, 7) is 0. The summed E-state index contributed by atoms with van der Waals surface area (Å²) in [7, 11) is 0. The zero-order valence-corrected chi connectivity index (χ0v) is 11.3. The van der Waals surface area contributed by atoms with E-state index < -0.39 is 5.97 Å². The van der Waals surface area contributed by atoms with E-state index in [1.54, 1.807) is 0 Å². The molecule has 1 aromatic heterocycles. The SMILES string of the molecule is O=C(Cc1cccs1)Nc1c(Cl)cccc1C(=O)O. The first kappa shape index (κ1) is 13.6. The van der Waals surface area contributed by atoms with E-state index in [2.05, 4.69) is 5.32 Å². The Morgan fingerprint density at radius 2 is 2.05 bits per heavy atom. The second-order valence-corrected chi connectivity index (χ2v) is 5.21. The minimum absolute atomic E-state index is 0.0213. The van der Waals surface area contributed by atoms with Crippen molar-refractivity contribution in [1.29, 1.82) is 0 Å². The molecule has 6 heteroatoms. The summed E-state index contributed by atoms with van der Waals surface area (Å²) in [5.74, 6) is -1.42. The quantitative estimate of drug-likeness (QED) is 0.909. The van der Waals surface area contributed by atoms with Crippen molar-refractivity contribution in [3.63, 3.8) is 0 Å². The first-order valence-corrected chi connectivity index (χ1v) is 6.67. The van der Waals surface area contributed by atoms with Crippen molar-refractivity contribution in [2.75, 3.05) is 5.32 Å². The standard InChI is InChI=1S/C13H10ClNO3S/c14-10-5-1-4-9(13(17)18)12(10)15-11(16)7-8-3-2-6-19-8/h1-6H,7H2,(H,15,16)(H,17,18). The summed E-state index contributed by atoms with van der Waals surface area (Å²) in [5, 5.41) is 13.7. The van der Waals surface area contributed by atoms with E-state index in [0.29, 0.717) is 0 Å². The van der Waals surface area contributed by atoms with Crippen molar-refractivity contribution in [2.24, 2.45) is 0 Å². The van der Waals surface area contributed by atoms with Gasteiger partial charge in [-0.25, -0.2) is 4.79 Å². The molecule has 0 spiro atoms. The molecule has 0 bridgehead atoms. The van der Waals surface area contributed by atoms with E-state index in [-0.39, 0.29) is 28.6 Å². The van der Waals surface area contributed by atoms with Gasteiger partial charge in [-0.15, -0.1) is 11.3 Å². The van der Waals surface area contributed by atoms with Gasteiger partial charge in [0.15, 0.2) is 0 Å². The highest BCUT2D eigenvalue weighted by Crippen LogP contribution is 2.26. The monoisotopic (exact) mass is 295 g/mol. The third kappa shape index (κ3) is 3.33. The van der Waals surface area contributed by atoms with Crippen LogP contribution in [0.25, 0.3) is 0 Å². The minimum atomic E-state index is -1.13. The summed E-state index contributed by atoms with van der Waals surface area (Å²) >= 11 is 7.39. The number of aromatic carboxylic acids is 1. The van der Waals surface area contributed by atoms with Crippen LogP contribution in [0.1, 0.15) is 15.2 Å². The maximum Gasteiger partial charge on any atom is 0.337 e. The molecule has 2 rings (SSSR count). The third-order valence-corrected chi connectivity index (χ3v) is 3.61. The van der Waals surface area contributed by atoms with Gasteiger partial charge in [0.1, 0.15) is 0 Å². The molecule has 0 aliphatic carbocycles. The highest BCUT2D eigenvalue weighted by atomic mass is 35.5. The Morgan fingerprint density at radius 3 is 2.68 bits per heavy atom. The largest absolute Gasteiger partial charge is 0.478 e. The fourth-order valence-corrected chi connectivity index (χ4v) is 2.51. The van der Waals surface area contributed by atoms with Gasteiger partial charge in [-0.1, -0.05) is 23.7 Å². The number of rotatable bonds is 4. The summed E-state index contributed by atoms with van der Waals surface area (Å²) in [4.78, 5) is 23.8. The van der Waals surface area contributed by atoms with Crippen LogP contribution in [0.5, 0.6) is 0 Å². The molecule has 0 unspecified atom stereocenters. The van der Waals surface area contributed by atoms with Gasteiger partial charge in [0.25, 0.3) is 0 Å². The van der Waals surface area contributed by atoms with E-state index in [1.807, 2.05) is 17.5 Å². The molecular weight excluding hydrogens is 286 g/mol. The number of benzene rings is 1. The first-order chi connectivity index (χ1) is 9.08. The van der Waals surface area contributed by atoms with Crippen LogP contribution in [0.3, 0.4) is 0 Å². The van der Waals surface area contributed by atoms with Crippen LogP contribution in [0, 0.1) is 0 Å². The van der Waals surface area contributed by atoms with Crippen LogP contribution < -0.4 is 5.32 Å². The van der Waals surface area contributed by atoms with Gasteiger partial charge in [0.2, 0.25) is 5.91 Å². The predicted molar refractivity (Wildman–Crippen MR) is 75.1 cm³/mol. The lowest BCUT2D eigenvalue weighted by Gasteiger charge is -2.09. The minimum Gasteiger partial charge on any atom is -0.478 e. The van der Waals surface area contributed by atoms with Gasteiger partial charge >= 0.3 is 5.97 Å². The Labute approximate surface area is 118 Å². The molecule has 19 heavy (non-hydrogen) atoms. The molecule has 0 saturated carbocycles. The van der Waals surface area contributed by atoms with E-state index in [4.69, 9.17) is 16.7 Å². The van der Waals surface area contributed by atoms with Crippen LogP contribution >= 0.6 is 22.9 Å². The van der Waals surface area contributed by atoms with Crippen molar-refractivity contribution < 1.29 is 14.7 Å². The van der Waals surface area contributed by atoms with Gasteiger partial charge in [0, 0.05) is 4.88 Å². The average Bonchev–Trinajstić information content (AvgIpc) is 2.84. The van der Waals surface area contributed by atoms with Crippen molar-refractivity contribution >= 4 is 40.5 Å². The molecule has 0 aliphatic rings. The van der Waals surface area contributed by atoms with Crippen LogP contribution in [-0.4, -0.2) is 17.0 Å². The molecule has 2 N–H and O–H groups in total. The van der Waals surface area contributed by atoms with Gasteiger partial charge in [0.05, 0.1) is 22.7 Å². The van der Waals surface area contributed by atoms with Crippen LogP contribution in [0.4, 0.5) is 5.69 Å². The average molecular weight is 296 g/mol. The molecule has 2 aromatic rings. The highest BCUT2D eigenvalue weighted by Gasteiger charge is 2.15. The second kappa shape index (κ2) is 5.86. The van der Waals surface area contributed by atoms with Gasteiger partial charge < -0.3 is 10.4 Å². The van der Waals surface area contributed by atoms with Crippen molar-refractivity contribution in [2.45, 2.75) is 6.42 Å². The van der Waals surface area contributed by atoms with Crippen LogP contribution in [-0.2, 0) is 11.2 Å². The molecule has 98 valence electrons. The highest BCUT2D eigenvalue weighted by molar-refractivity contribution is 7.10. The maximum atomic E-state index is 11.9. The molecule has 1 amide bonds. The van der Waals surface area contributed by atoms with Crippen molar-refractivity contribution in [3.8, 4) is 0 Å². The Kier molecular flexibility index (Phi) is 4.19. The van der Waals surface area contributed by atoms with Gasteiger partial charge in [-0.2, -0.15) is 0 Å². The van der Waals surface area contributed by atoms with Crippen LogP contribution in [0.15, 0.2) is 35.7 Å². The van der Waals surface area contributed by atoms with Gasteiger partial charge in [-0.05, 0) is 23.6 Å². The Morgan fingerprint density at radius 1 is 1.26 bits per heavy atom. The number of thiophene rings is 1. The number of carboxylic acid groups (broad SMARTS) is 1. The number of halogens is 1. The van der Waals surface area contributed by atoms with E-state index in [9.17, 15) is 9.59 Å². The maximum absolute atomic E-state index is 11.9. The van der Waals surface area contributed by atoms with Crippen molar-refractivity contribution in [3.05, 3.63) is 51.2 Å².